The molecule has 0 aliphatic heterocycles. The molecule has 5 nitrogen and oxygen atoms in total. The van der Waals surface area contributed by atoms with E-state index in [0.29, 0.717) is 0 Å². The zero-order chi connectivity index (χ0) is 8.91. The molecule has 1 N–H and O–H groups in total. The summed E-state index contributed by atoms with van der Waals surface area (Å²) >= 11 is 0. The Labute approximate surface area is 66.0 Å². The lowest BCUT2D eigenvalue weighted by Gasteiger charge is -2.06. The van der Waals surface area contributed by atoms with Crippen LogP contribution in [0.4, 0.5) is 0 Å². The lowest BCUT2D eigenvalue weighted by Crippen LogP contribution is -2.32. The Kier molecular flexibility index (Phi) is 4.03. The van der Waals surface area contributed by atoms with Crippen molar-refractivity contribution in [3.63, 3.8) is 0 Å². The van der Waals surface area contributed by atoms with Crippen LogP contribution in [0.5, 0.6) is 0 Å². The summed E-state index contributed by atoms with van der Waals surface area (Å²) in [5, 5.41) is 7.32. The van der Waals surface area contributed by atoms with E-state index in [2.05, 4.69) is 4.84 Å². The molecule has 0 saturated heterocycles. The highest BCUT2D eigenvalue weighted by atomic mass is 32.2. The summed E-state index contributed by atoms with van der Waals surface area (Å²) in [4.78, 5) is 5.98. The normalized spacial score (nSPS) is 13.9. The number of hydrogen-bond acceptors (Lipinski definition) is 4. The molecule has 0 saturated carbocycles. The van der Waals surface area contributed by atoms with Gasteiger partial charge in [-0.3, -0.25) is 4.84 Å². The van der Waals surface area contributed by atoms with Gasteiger partial charge in [-0.1, -0.05) is 11.8 Å². The predicted molar refractivity (Wildman–Crippen MR) is 38.8 cm³/mol. The van der Waals surface area contributed by atoms with Gasteiger partial charge in [-0.25, -0.2) is 8.42 Å². The van der Waals surface area contributed by atoms with Crippen LogP contribution in [0.3, 0.4) is 0 Å². The van der Waals surface area contributed by atoms with Crippen LogP contribution in [0, 0.1) is 11.3 Å². The van der Waals surface area contributed by atoms with E-state index in [0.717, 1.165) is 0 Å². The first-order valence-electron chi connectivity index (χ1n) is 3.01. The number of nitrogens with one attached hydrogen (secondary N) is 1. The third kappa shape index (κ3) is 2.84. The monoisotopic (exact) mass is 178 g/mol. The number of hydrogen-bond donors (Lipinski definition) is 1. The molecule has 0 aliphatic rings. The quantitative estimate of drug-likeness (QED) is 0.603. The third-order valence-corrected chi connectivity index (χ3v) is 2.68. The first-order chi connectivity index (χ1) is 5.08. The van der Waals surface area contributed by atoms with E-state index in [-0.39, 0.29) is 6.42 Å². The summed E-state index contributed by atoms with van der Waals surface area (Å²) in [5.41, 5.74) is 0. The molecule has 0 aromatic carbocycles. The highest BCUT2D eigenvalue weighted by molar-refractivity contribution is 7.90. The van der Waals surface area contributed by atoms with Gasteiger partial charge in [0, 0.05) is 0 Å². The summed E-state index contributed by atoms with van der Waals surface area (Å²) in [5.74, 6) is 0. The molecule has 0 amide bonds. The minimum absolute atomic E-state index is 0.245. The first kappa shape index (κ1) is 10.4. The van der Waals surface area contributed by atoms with Gasteiger partial charge in [0.15, 0.2) is 5.25 Å². The van der Waals surface area contributed by atoms with E-state index in [4.69, 9.17) is 5.26 Å². The van der Waals surface area contributed by atoms with Gasteiger partial charge in [0.05, 0.1) is 13.2 Å². The van der Waals surface area contributed by atoms with Crippen molar-refractivity contribution in [3.05, 3.63) is 0 Å². The number of nitriles is 1. The van der Waals surface area contributed by atoms with Crippen LogP contribution in [0.2, 0.25) is 0 Å². The van der Waals surface area contributed by atoms with Crippen molar-refractivity contribution in [2.45, 2.75) is 18.6 Å². The van der Waals surface area contributed by atoms with E-state index in [9.17, 15) is 8.42 Å². The number of sulfonamides is 1. The van der Waals surface area contributed by atoms with Crippen LogP contribution in [0.1, 0.15) is 13.3 Å². The molecule has 0 heterocycles. The molecule has 1 atom stereocenters. The molecule has 0 aliphatic carbocycles. The third-order valence-electron chi connectivity index (χ3n) is 1.09. The molecule has 64 valence electrons. The second kappa shape index (κ2) is 4.28. The fourth-order valence-corrected chi connectivity index (χ4v) is 1.48. The average molecular weight is 178 g/mol. The van der Waals surface area contributed by atoms with Gasteiger partial charge >= 0.3 is 0 Å². The second-order valence-corrected chi connectivity index (χ2v) is 3.68. The van der Waals surface area contributed by atoms with Gasteiger partial charge in [-0.05, 0) is 6.42 Å². The van der Waals surface area contributed by atoms with Gasteiger partial charge in [0.1, 0.15) is 0 Å². The summed E-state index contributed by atoms with van der Waals surface area (Å²) in [6.07, 6.45) is 0.245. The minimum atomic E-state index is -3.61. The van der Waals surface area contributed by atoms with E-state index in [1.807, 2.05) is 0 Å². The van der Waals surface area contributed by atoms with Crippen LogP contribution in [0.25, 0.3) is 0 Å². The molecule has 0 spiro atoms. The van der Waals surface area contributed by atoms with E-state index >= 15 is 0 Å². The largest absolute Gasteiger partial charge is 0.290 e. The Morgan fingerprint density at radius 2 is 2.27 bits per heavy atom. The maximum absolute atomic E-state index is 10.9. The van der Waals surface area contributed by atoms with Crippen LogP contribution < -0.4 is 4.89 Å². The first-order valence-corrected chi connectivity index (χ1v) is 4.56. The summed E-state index contributed by atoms with van der Waals surface area (Å²) in [6, 6.07) is 1.65. The van der Waals surface area contributed by atoms with Crippen molar-refractivity contribution >= 4 is 10.0 Å². The molecule has 1 unspecified atom stereocenters. The van der Waals surface area contributed by atoms with Crippen LogP contribution >= 0.6 is 0 Å². The van der Waals surface area contributed by atoms with Gasteiger partial charge < -0.3 is 0 Å². The molecule has 0 aromatic heterocycles. The van der Waals surface area contributed by atoms with Crippen molar-refractivity contribution in [3.8, 4) is 6.07 Å². The Morgan fingerprint density at radius 3 is 2.55 bits per heavy atom. The Bertz CT molecular complexity index is 241. The fourth-order valence-electron chi connectivity index (χ4n) is 0.554. The van der Waals surface area contributed by atoms with Crippen molar-refractivity contribution in [1.82, 2.24) is 4.89 Å². The van der Waals surface area contributed by atoms with Gasteiger partial charge in [-0.2, -0.15) is 5.26 Å². The fraction of sp³-hybridized carbons (Fsp3) is 0.800. The maximum Gasteiger partial charge on any atom is 0.249 e. The van der Waals surface area contributed by atoms with Crippen LogP contribution in [-0.2, 0) is 14.9 Å². The summed E-state index contributed by atoms with van der Waals surface area (Å²) in [7, 11) is -2.42. The van der Waals surface area contributed by atoms with E-state index < -0.39 is 15.3 Å². The zero-order valence-corrected chi connectivity index (χ0v) is 7.18. The summed E-state index contributed by atoms with van der Waals surface area (Å²) in [6.45, 7) is 1.61. The van der Waals surface area contributed by atoms with Gasteiger partial charge in [-0.15, -0.1) is 0 Å². The zero-order valence-electron chi connectivity index (χ0n) is 6.36. The second-order valence-electron chi connectivity index (χ2n) is 1.86. The summed E-state index contributed by atoms with van der Waals surface area (Å²) < 4.78 is 21.9. The molecule has 0 bridgehead atoms. The molecule has 0 aromatic rings. The van der Waals surface area contributed by atoms with Crippen molar-refractivity contribution in [2.24, 2.45) is 0 Å². The number of rotatable bonds is 4. The van der Waals surface area contributed by atoms with Crippen molar-refractivity contribution < 1.29 is 13.3 Å². The molecule has 6 heteroatoms. The van der Waals surface area contributed by atoms with Crippen molar-refractivity contribution in [1.29, 1.82) is 5.26 Å². The molecule has 0 rings (SSSR count). The lowest BCUT2D eigenvalue weighted by molar-refractivity contribution is 0.152. The SMILES string of the molecule is CCC(C#N)S(=O)(=O)NOC. The molecule has 0 fully saturated rings. The van der Waals surface area contributed by atoms with Gasteiger partial charge in [0.2, 0.25) is 10.0 Å². The minimum Gasteiger partial charge on any atom is -0.290 e. The van der Waals surface area contributed by atoms with Crippen molar-refractivity contribution in [2.75, 3.05) is 7.11 Å². The Morgan fingerprint density at radius 1 is 1.73 bits per heavy atom. The highest BCUT2D eigenvalue weighted by Gasteiger charge is 2.22. The Balaban J connectivity index is 4.43. The molecule has 0 radical (unpaired) electrons. The molecular formula is C5H10N2O3S. The highest BCUT2D eigenvalue weighted by Crippen LogP contribution is 2.01. The Hall–Kier alpha value is -0.640. The smallest absolute Gasteiger partial charge is 0.249 e. The topological polar surface area (TPSA) is 79.2 Å². The lowest BCUT2D eigenvalue weighted by atomic mass is 10.4. The van der Waals surface area contributed by atoms with E-state index in [1.54, 1.807) is 17.9 Å². The standard InChI is InChI=1S/C5H10N2O3S/c1-3-5(4-6)11(8,9)7-10-2/h5,7H,3H2,1-2H3. The van der Waals surface area contributed by atoms with E-state index in [1.165, 1.54) is 7.11 Å². The molecular weight excluding hydrogens is 168 g/mol. The maximum atomic E-state index is 10.9. The predicted octanol–water partition coefficient (Wildman–Crippen LogP) is -0.231. The molecule has 11 heavy (non-hydrogen) atoms. The van der Waals surface area contributed by atoms with Crippen LogP contribution in [0.15, 0.2) is 0 Å². The van der Waals surface area contributed by atoms with Gasteiger partial charge in [0.25, 0.3) is 0 Å². The average Bonchev–Trinajstić information content (AvgIpc) is 1.89. The van der Waals surface area contributed by atoms with Crippen LogP contribution in [-0.4, -0.2) is 20.8 Å². The number of nitrogens with zero attached hydrogens (tertiary/aromatic N) is 1.